The number of methoxy groups -OCH3 is 1. The highest BCUT2D eigenvalue weighted by molar-refractivity contribution is 5.99. The molecule has 5 rings (SSSR count). The molecule has 2 atom stereocenters. The van der Waals surface area contributed by atoms with E-state index in [1.165, 1.54) is 7.11 Å². The Labute approximate surface area is 147 Å². The third kappa shape index (κ3) is 1.94. The van der Waals surface area contributed by atoms with Gasteiger partial charge in [-0.05, 0) is 53.4 Å². The number of nitrogens with zero attached hydrogens (tertiary/aromatic N) is 5. The minimum Gasteiger partial charge on any atom is -0.464 e. The molecule has 0 bridgehead atoms. The van der Waals surface area contributed by atoms with Gasteiger partial charge in [-0.2, -0.15) is 0 Å². The Morgan fingerprint density at radius 3 is 2.96 bits per heavy atom. The minimum absolute atomic E-state index is 0.271. The molecule has 9 heteroatoms. The van der Waals surface area contributed by atoms with E-state index in [0.29, 0.717) is 33.9 Å². The molecule has 9 nitrogen and oxygen atoms in total. The van der Waals surface area contributed by atoms with Crippen LogP contribution in [0.25, 0.3) is 11.2 Å². The number of fused-ring (bicyclic) bond motifs is 4. The zero-order chi connectivity index (χ0) is 18.0. The molecule has 0 saturated heterocycles. The van der Waals surface area contributed by atoms with Gasteiger partial charge in [-0.15, -0.1) is 5.10 Å². The van der Waals surface area contributed by atoms with E-state index >= 15 is 0 Å². The van der Waals surface area contributed by atoms with E-state index in [0.717, 1.165) is 23.4 Å². The summed E-state index contributed by atoms with van der Waals surface area (Å²) >= 11 is 0. The molecular formula is C17H15N5O4. The third-order valence-electron chi connectivity index (χ3n) is 5.16. The molecule has 0 unspecified atom stereocenters. The van der Waals surface area contributed by atoms with Crippen LogP contribution in [0, 0.1) is 12.8 Å². The Kier molecular flexibility index (Phi) is 2.97. The molecular weight excluding hydrogens is 338 g/mol. The summed E-state index contributed by atoms with van der Waals surface area (Å²) in [5.41, 5.74) is 3.10. The number of pyridine rings is 1. The lowest BCUT2D eigenvalue weighted by Gasteiger charge is -2.06. The van der Waals surface area contributed by atoms with Crippen molar-refractivity contribution in [3.05, 3.63) is 40.8 Å². The zero-order valence-electron chi connectivity index (χ0n) is 14.2. The first-order valence-corrected chi connectivity index (χ1v) is 8.31. The lowest BCUT2D eigenvalue weighted by atomic mass is 10.1. The van der Waals surface area contributed by atoms with E-state index < -0.39 is 11.9 Å². The summed E-state index contributed by atoms with van der Waals surface area (Å²) in [6.07, 6.45) is 3.35. The number of hydrogen-bond acceptors (Lipinski definition) is 7. The van der Waals surface area contributed by atoms with Crippen molar-refractivity contribution in [1.29, 1.82) is 0 Å². The first-order chi connectivity index (χ1) is 12.6. The fourth-order valence-electron chi connectivity index (χ4n) is 3.90. The lowest BCUT2D eigenvalue weighted by molar-refractivity contribution is 0.0403. The second kappa shape index (κ2) is 5.13. The van der Waals surface area contributed by atoms with Crippen LogP contribution in [0.2, 0.25) is 0 Å². The highest BCUT2D eigenvalue weighted by atomic mass is 16.7. The van der Waals surface area contributed by atoms with E-state index in [9.17, 15) is 9.59 Å². The number of carbonyl (C=O) groups excluding carboxylic acids is 2. The second-order valence-corrected chi connectivity index (χ2v) is 6.61. The monoisotopic (exact) mass is 353 g/mol. The molecule has 2 aliphatic rings. The van der Waals surface area contributed by atoms with Crippen LogP contribution in [0.1, 0.15) is 44.6 Å². The Balaban J connectivity index is 1.57. The minimum atomic E-state index is -0.583. The third-order valence-corrected chi connectivity index (χ3v) is 5.16. The van der Waals surface area contributed by atoms with E-state index in [1.807, 2.05) is 4.57 Å². The number of esters is 1. The Morgan fingerprint density at radius 1 is 1.31 bits per heavy atom. The van der Waals surface area contributed by atoms with Gasteiger partial charge in [-0.25, -0.2) is 14.6 Å². The van der Waals surface area contributed by atoms with Crippen molar-refractivity contribution in [2.75, 3.05) is 7.11 Å². The van der Waals surface area contributed by atoms with Crippen LogP contribution in [0.4, 0.5) is 0 Å². The van der Waals surface area contributed by atoms with E-state index in [1.54, 1.807) is 25.3 Å². The van der Waals surface area contributed by atoms with E-state index in [2.05, 4.69) is 15.3 Å². The molecule has 4 heterocycles. The zero-order valence-corrected chi connectivity index (χ0v) is 14.2. The summed E-state index contributed by atoms with van der Waals surface area (Å²) in [6, 6.07) is 3.72. The molecule has 0 aromatic carbocycles. The molecule has 1 fully saturated rings. The van der Waals surface area contributed by atoms with Gasteiger partial charge in [-0.1, -0.05) is 0 Å². The van der Waals surface area contributed by atoms with Crippen molar-refractivity contribution in [3.63, 3.8) is 0 Å². The maximum atomic E-state index is 12.9. The van der Waals surface area contributed by atoms with Gasteiger partial charge in [0.15, 0.2) is 0 Å². The smallest absolute Gasteiger partial charge is 0.367 e. The summed E-state index contributed by atoms with van der Waals surface area (Å²) in [6.45, 7) is 1.74. The van der Waals surface area contributed by atoms with Crippen LogP contribution < -0.4 is 4.84 Å². The highest BCUT2D eigenvalue weighted by Gasteiger charge is 2.50. The number of ether oxygens (including phenoxy) is 1. The molecule has 0 N–H and O–H groups in total. The molecule has 1 aliphatic carbocycles. The van der Waals surface area contributed by atoms with Gasteiger partial charge >= 0.3 is 11.9 Å². The van der Waals surface area contributed by atoms with Gasteiger partial charge in [0.1, 0.15) is 11.2 Å². The predicted octanol–water partition coefficient (Wildman–Crippen LogP) is 1.11. The Hall–Kier alpha value is -3.23. The molecule has 0 spiro atoms. The van der Waals surface area contributed by atoms with Crippen molar-refractivity contribution in [3.8, 4) is 0 Å². The summed E-state index contributed by atoms with van der Waals surface area (Å²) in [5.74, 6) is -0.544. The SMILES string of the molecule is COC(=O)c1c(C)c(C(=O)On2nnc3cccnc32)c2n1[C@@H]1C[C@@H]1C2. The number of rotatable bonds is 3. The van der Waals surface area contributed by atoms with Crippen LogP contribution in [0.15, 0.2) is 18.3 Å². The first kappa shape index (κ1) is 15.1. The lowest BCUT2D eigenvalue weighted by Crippen LogP contribution is -2.23. The fourth-order valence-corrected chi connectivity index (χ4v) is 3.90. The van der Waals surface area contributed by atoms with Crippen LogP contribution in [0.3, 0.4) is 0 Å². The first-order valence-electron chi connectivity index (χ1n) is 8.31. The van der Waals surface area contributed by atoms with Crippen LogP contribution in [-0.4, -0.2) is 43.8 Å². The van der Waals surface area contributed by atoms with Crippen molar-refractivity contribution in [2.45, 2.75) is 25.8 Å². The Morgan fingerprint density at radius 2 is 2.15 bits per heavy atom. The maximum absolute atomic E-state index is 12.9. The topological polar surface area (TPSA) is 101 Å². The quantitative estimate of drug-likeness (QED) is 0.513. The van der Waals surface area contributed by atoms with Gasteiger partial charge in [0.2, 0.25) is 5.65 Å². The van der Waals surface area contributed by atoms with Gasteiger partial charge in [0.05, 0.1) is 12.7 Å². The summed E-state index contributed by atoms with van der Waals surface area (Å²) in [5, 5.41) is 7.75. The molecule has 0 amide bonds. The van der Waals surface area contributed by atoms with Gasteiger partial charge in [0.25, 0.3) is 0 Å². The van der Waals surface area contributed by atoms with Crippen molar-refractivity contribution < 1.29 is 19.2 Å². The average Bonchev–Trinajstić information content (AvgIpc) is 2.99. The number of hydrogen-bond donors (Lipinski definition) is 0. The van der Waals surface area contributed by atoms with Crippen molar-refractivity contribution >= 4 is 23.1 Å². The molecule has 0 radical (unpaired) electrons. The van der Waals surface area contributed by atoms with Crippen molar-refractivity contribution in [1.82, 2.24) is 24.7 Å². The second-order valence-electron chi connectivity index (χ2n) is 6.61. The molecule has 3 aromatic rings. The van der Waals surface area contributed by atoms with Crippen LogP contribution in [-0.2, 0) is 11.2 Å². The molecule has 132 valence electrons. The molecule has 1 saturated carbocycles. The number of carbonyl (C=O) groups is 2. The predicted molar refractivity (Wildman–Crippen MR) is 87.6 cm³/mol. The Bertz CT molecular complexity index is 1080. The van der Waals surface area contributed by atoms with E-state index in [4.69, 9.17) is 9.57 Å². The fraction of sp³-hybridized carbons (Fsp3) is 0.353. The molecule has 1 aliphatic heterocycles. The van der Waals surface area contributed by atoms with Gasteiger partial charge < -0.3 is 14.1 Å². The van der Waals surface area contributed by atoms with Crippen LogP contribution in [0.5, 0.6) is 0 Å². The summed E-state index contributed by atoms with van der Waals surface area (Å²) < 4.78 is 6.86. The summed E-state index contributed by atoms with van der Waals surface area (Å²) in [4.78, 5) is 35.7. The van der Waals surface area contributed by atoms with Crippen molar-refractivity contribution in [2.24, 2.45) is 5.92 Å². The van der Waals surface area contributed by atoms with Gasteiger partial charge in [-0.3, -0.25) is 0 Å². The van der Waals surface area contributed by atoms with Gasteiger partial charge in [0, 0.05) is 17.9 Å². The maximum Gasteiger partial charge on any atom is 0.367 e. The van der Waals surface area contributed by atoms with E-state index in [-0.39, 0.29) is 6.04 Å². The normalized spacial score (nSPS) is 19.9. The van der Waals surface area contributed by atoms with Crippen LogP contribution >= 0.6 is 0 Å². The standard InChI is InChI=1S/C17H15N5O4/c1-8-13(12-7-9-6-11(9)21(12)14(8)17(24)25-2)16(23)26-22-15-10(19-20-22)4-3-5-18-15/h3-5,9,11H,6-7H2,1-2H3/t9-,11-/m1/s1. The molecule has 3 aromatic heterocycles. The summed E-state index contributed by atoms with van der Waals surface area (Å²) in [7, 11) is 1.34. The average molecular weight is 353 g/mol. The molecule has 26 heavy (non-hydrogen) atoms. The highest BCUT2D eigenvalue weighted by Crippen LogP contribution is 2.54. The largest absolute Gasteiger partial charge is 0.464 e. The number of aromatic nitrogens is 5.